The van der Waals surface area contributed by atoms with Crippen molar-refractivity contribution in [3.63, 3.8) is 0 Å². The van der Waals surface area contributed by atoms with Crippen molar-refractivity contribution in [3.8, 4) is 23.3 Å². The van der Waals surface area contributed by atoms with Crippen molar-refractivity contribution in [1.82, 2.24) is 5.32 Å². The number of benzene rings is 2. The maximum absolute atomic E-state index is 11.8. The molecule has 1 N–H and O–H groups in total. The molecule has 0 unspecified atom stereocenters. The van der Waals surface area contributed by atoms with Crippen LogP contribution in [0.2, 0.25) is 0 Å². The summed E-state index contributed by atoms with van der Waals surface area (Å²) in [6, 6.07) is 16.3. The number of amides is 1. The van der Waals surface area contributed by atoms with E-state index >= 15 is 0 Å². The van der Waals surface area contributed by atoms with Crippen molar-refractivity contribution in [3.05, 3.63) is 60.2 Å². The van der Waals surface area contributed by atoms with Gasteiger partial charge < -0.3 is 19.5 Å². The fraction of sp³-hybridized carbons (Fsp3) is 0.200. The molecule has 2 aromatic rings. The standard InChI is InChI=1S/C20H20N2O4/c1-24-17-7-9-19(10-8-17)26-15-13-22-20(23)11-4-16-2-5-18(6-3-16)25-14-12-21/h2-11H,13-15H2,1H3,(H,22,23)/b11-4+. The molecule has 0 aliphatic carbocycles. The van der Waals surface area contributed by atoms with E-state index in [4.69, 9.17) is 19.5 Å². The van der Waals surface area contributed by atoms with Gasteiger partial charge in [0.05, 0.1) is 13.7 Å². The minimum absolute atomic E-state index is 0.0101. The van der Waals surface area contributed by atoms with E-state index in [-0.39, 0.29) is 12.5 Å². The second-order valence-electron chi connectivity index (χ2n) is 5.16. The molecule has 0 radical (unpaired) electrons. The monoisotopic (exact) mass is 352 g/mol. The van der Waals surface area contributed by atoms with E-state index in [1.54, 1.807) is 25.3 Å². The van der Waals surface area contributed by atoms with E-state index < -0.39 is 0 Å². The molecule has 6 heteroatoms. The van der Waals surface area contributed by atoms with Crippen molar-refractivity contribution in [2.24, 2.45) is 0 Å². The summed E-state index contributed by atoms with van der Waals surface area (Å²) in [5.41, 5.74) is 0.860. The van der Waals surface area contributed by atoms with Crippen LogP contribution in [0.4, 0.5) is 0 Å². The summed E-state index contributed by atoms with van der Waals surface area (Å²) < 4.78 is 15.8. The highest BCUT2D eigenvalue weighted by Gasteiger charge is 1.98. The number of hydrogen-bond donors (Lipinski definition) is 1. The second-order valence-corrected chi connectivity index (χ2v) is 5.16. The SMILES string of the molecule is COc1ccc(OCCNC(=O)/C=C/c2ccc(OCC#N)cc2)cc1. The van der Waals surface area contributed by atoms with Gasteiger partial charge in [0, 0.05) is 6.08 Å². The van der Waals surface area contributed by atoms with Gasteiger partial charge in [0.15, 0.2) is 6.61 Å². The Hall–Kier alpha value is -3.46. The summed E-state index contributed by atoms with van der Waals surface area (Å²) >= 11 is 0. The number of nitrogens with one attached hydrogen (secondary N) is 1. The van der Waals surface area contributed by atoms with Crippen molar-refractivity contribution in [2.75, 3.05) is 26.9 Å². The third-order valence-corrected chi connectivity index (χ3v) is 3.34. The zero-order valence-electron chi connectivity index (χ0n) is 14.5. The van der Waals surface area contributed by atoms with Crippen LogP contribution in [0.3, 0.4) is 0 Å². The van der Waals surface area contributed by atoms with Gasteiger partial charge in [-0.2, -0.15) is 5.26 Å². The van der Waals surface area contributed by atoms with Crippen LogP contribution in [-0.4, -0.2) is 32.8 Å². The van der Waals surface area contributed by atoms with Crippen LogP contribution in [0.5, 0.6) is 17.2 Å². The maximum Gasteiger partial charge on any atom is 0.244 e. The molecule has 2 aromatic carbocycles. The van der Waals surface area contributed by atoms with Gasteiger partial charge in [-0.25, -0.2) is 0 Å². The molecular formula is C20H20N2O4. The molecule has 0 spiro atoms. The number of nitriles is 1. The first-order valence-corrected chi connectivity index (χ1v) is 8.04. The number of methoxy groups -OCH3 is 1. The van der Waals surface area contributed by atoms with Crippen molar-refractivity contribution in [1.29, 1.82) is 5.26 Å². The van der Waals surface area contributed by atoms with Gasteiger partial charge in [0.25, 0.3) is 0 Å². The molecule has 0 heterocycles. The van der Waals surface area contributed by atoms with Gasteiger partial charge in [-0.05, 0) is 48.0 Å². The van der Waals surface area contributed by atoms with Crippen LogP contribution >= 0.6 is 0 Å². The fourth-order valence-corrected chi connectivity index (χ4v) is 2.04. The molecule has 1 amide bonds. The molecule has 2 rings (SSSR count). The predicted octanol–water partition coefficient (Wildman–Crippen LogP) is 2.81. The lowest BCUT2D eigenvalue weighted by atomic mass is 10.2. The minimum Gasteiger partial charge on any atom is -0.497 e. The zero-order chi connectivity index (χ0) is 18.6. The lowest BCUT2D eigenvalue weighted by Crippen LogP contribution is -2.26. The van der Waals surface area contributed by atoms with Gasteiger partial charge in [-0.1, -0.05) is 12.1 Å². The number of rotatable bonds is 9. The molecule has 0 fully saturated rings. The first-order chi connectivity index (χ1) is 12.7. The lowest BCUT2D eigenvalue weighted by Gasteiger charge is -2.07. The Kier molecular flexibility index (Phi) is 7.56. The quantitative estimate of drug-likeness (QED) is 0.554. The first kappa shape index (κ1) is 18.9. The van der Waals surface area contributed by atoms with Crippen LogP contribution in [0.25, 0.3) is 6.08 Å². The van der Waals surface area contributed by atoms with Crippen LogP contribution in [0, 0.1) is 11.3 Å². The first-order valence-electron chi connectivity index (χ1n) is 8.04. The molecule has 0 bridgehead atoms. The Labute approximate surface area is 152 Å². The van der Waals surface area contributed by atoms with Crippen molar-refractivity contribution < 1.29 is 19.0 Å². The summed E-state index contributed by atoms with van der Waals surface area (Å²) in [4.78, 5) is 11.8. The third-order valence-electron chi connectivity index (χ3n) is 3.34. The molecule has 0 aliphatic heterocycles. The lowest BCUT2D eigenvalue weighted by molar-refractivity contribution is -0.116. The number of carbonyl (C=O) groups is 1. The second kappa shape index (κ2) is 10.4. The number of ether oxygens (including phenoxy) is 3. The molecule has 0 saturated carbocycles. The van der Waals surface area contributed by atoms with Gasteiger partial charge in [-0.15, -0.1) is 0 Å². The number of carbonyl (C=O) groups excluding carboxylic acids is 1. The highest BCUT2D eigenvalue weighted by atomic mass is 16.5. The average Bonchev–Trinajstić information content (AvgIpc) is 2.69. The van der Waals surface area contributed by atoms with Gasteiger partial charge in [0.1, 0.15) is 29.9 Å². The van der Waals surface area contributed by atoms with Crippen LogP contribution in [-0.2, 0) is 4.79 Å². The largest absolute Gasteiger partial charge is 0.497 e. The Morgan fingerprint density at radius 1 is 1.04 bits per heavy atom. The van der Waals surface area contributed by atoms with Crippen LogP contribution < -0.4 is 19.5 Å². The summed E-state index contributed by atoms with van der Waals surface area (Å²) in [6.45, 7) is 0.781. The van der Waals surface area contributed by atoms with E-state index in [1.165, 1.54) is 6.08 Å². The fourth-order valence-electron chi connectivity index (χ4n) is 2.04. The Morgan fingerprint density at radius 2 is 1.65 bits per heavy atom. The summed E-state index contributed by atoms with van der Waals surface area (Å²) in [7, 11) is 1.61. The molecule has 0 aliphatic rings. The van der Waals surface area contributed by atoms with Gasteiger partial charge >= 0.3 is 0 Å². The Morgan fingerprint density at radius 3 is 2.31 bits per heavy atom. The highest BCUT2D eigenvalue weighted by molar-refractivity contribution is 5.91. The molecule has 26 heavy (non-hydrogen) atoms. The Balaban J connectivity index is 1.69. The smallest absolute Gasteiger partial charge is 0.244 e. The van der Waals surface area contributed by atoms with Crippen molar-refractivity contribution >= 4 is 12.0 Å². The Bertz CT molecular complexity index is 762. The minimum atomic E-state index is -0.201. The van der Waals surface area contributed by atoms with E-state index in [2.05, 4.69) is 5.32 Å². The molecule has 6 nitrogen and oxygen atoms in total. The predicted molar refractivity (Wildman–Crippen MR) is 98.1 cm³/mol. The zero-order valence-corrected chi connectivity index (χ0v) is 14.5. The molecule has 134 valence electrons. The topological polar surface area (TPSA) is 80.6 Å². The van der Waals surface area contributed by atoms with Crippen LogP contribution in [0.15, 0.2) is 54.6 Å². The van der Waals surface area contributed by atoms with E-state index in [0.717, 1.165) is 11.3 Å². The van der Waals surface area contributed by atoms with Gasteiger partial charge in [0.2, 0.25) is 5.91 Å². The van der Waals surface area contributed by atoms with Crippen LogP contribution in [0.1, 0.15) is 5.56 Å². The summed E-state index contributed by atoms with van der Waals surface area (Å²) in [5, 5.41) is 11.2. The number of nitrogens with zero attached hydrogens (tertiary/aromatic N) is 1. The van der Waals surface area contributed by atoms with Crippen molar-refractivity contribution in [2.45, 2.75) is 0 Å². The summed E-state index contributed by atoms with van der Waals surface area (Å²) in [5.74, 6) is 1.90. The number of hydrogen-bond acceptors (Lipinski definition) is 5. The molecule has 0 saturated heterocycles. The third kappa shape index (κ3) is 6.57. The van der Waals surface area contributed by atoms with E-state index in [0.29, 0.717) is 24.7 Å². The molecule has 0 aromatic heterocycles. The van der Waals surface area contributed by atoms with E-state index in [1.807, 2.05) is 42.5 Å². The highest BCUT2D eigenvalue weighted by Crippen LogP contribution is 2.16. The maximum atomic E-state index is 11.8. The molecular weight excluding hydrogens is 332 g/mol. The molecule has 0 atom stereocenters. The van der Waals surface area contributed by atoms with E-state index in [9.17, 15) is 4.79 Å². The normalized spacial score (nSPS) is 10.2. The summed E-state index contributed by atoms with van der Waals surface area (Å²) in [6.07, 6.45) is 3.16. The van der Waals surface area contributed by atoms with Gasteiger partial charge in [-0.3, -0.25) is 4.79 Å². The average molecular weight is 352 g/mol.